The summed E-state index contributed by atoms with van der Waals surface area (Å²) in [7, 11) is 0. The summed E-state index contributed by atoms with van der Waals surface area (Å²) in [6.07, 6.45) is 2.53. The van der Waals surface area contributed by atoms with Crippen molar-refractivity contribution in [1.82, 2.24) is 14.7 Å². The SMILES string of the molecule is Cc1cc(C)n(CC(=O)N(Cc2cccc(OCCc3ccccc3F)c2)CC2CCCO2)n1. The Morgan fingerprint density at radius 1 is 1.21 bits per heavy atom. The predicted octanol–water partition coefficient (Wildman–Crippen LogP) is 4.47. The van der Waals surface area contributed by atoms with Crippen molar-refractivity contribution in [3.8, 4) is 5.75 Å². The number of hydrogen-bond donors (Lipinski definition) is 0. The van der Waals surface area contributed by atoms with Crippen LogP contribution >= 0.6 is 0 Å². The largest absolute Gasteiger partial charge is 0.493 e. The summed E-state index contributed by atoms with van der Waals surface area (Å²) in [5, 5.41) is 4.44. The molecule has 7 heteroatoms. The molecular weight excluding hydrogens is 433 g/mol. The van der Waals surface area contributed by atoms with Gasteiger partial charge >= 0.3 is 0 Å². The number of aryl methyl sites for hydroxylation is 2. The first kappa shape index (κ1) is 24.0. The fraction of sp³-hybridized carbons (Fsp3) is 0.407. The molecule has 2 heterocycles. The van der Waals surface area contributed by atoms with Crippen molar-refractivity contribution in [2.24, 2.45) is 0 Å². The highest BCUT2D eigenvalue weighted by Gasteiger charge is 2.23. The second-order valence-corrected chi connectivity index (χ2v) is 8.83. The van der Waals surface area contributed by atoms with Crippen LogP contribution in [0.15, 0.2) is 54.6 Å². The monoisotopic (exact) mass is 465 g/mol. The number of carbonyl (C=O) groups excluding carboxylic acids is 1. The maximum absolute atomic E-state index is 13.8. The van der Waals surface area contributed by atoms with Crippen molar-refractivity contribution < 1.29 is 18.7 Å². The van der Waals surface area contributed by atoms with Crippen molar-refractivity contribution >= 4 is 5.91 Å². The maximum Gasteiger partial charge on any atom is 0.244 e. The lowest BCUT2D eigenvalue weighted by molar-refractivity contribution is -0.134. The van der Waals surface area contributed by atoms with Gasteiger partial charge < -0.3 is 14.4 Å². The van der Waals surface area contributed by atoms with Gasteiger partial charge in [0.25, 0.3) is 0 Å². The molecule has 34 heavy (non-hydrogen) atoms. The molecule has 1 amide bonds. The zero-order valence-corrected chi connectivity index (χ0v) is 19.9. The van der Waals surface area contributed by atoms with Crippen molar-refractivity contribution in [2.45, 2.75) is 52.3 Å². The molecule has 1 aliphatic rings. The van der Waals surface area contributed by atoms with E-state index in [9.17, 15) is 9.18 Å². The number of hydrogen-bond acceptors (Lipinski definition) is 4. The van der Waals surface area contributed by atoms with Gasteiger partial charge in [0.15, 0.2) is 0 Å². The molecule has 180 valence electrons. The quantitative estimate of drug-likeness (QED) is 0.443. The van der Waals surface area contributed by atoms with Crippen molar-refractivity contribution in [3.05, 3.63) is 82.9 Å². The van der Waals surface area contributed by atoms with E-state index in [2.05, 4.69) is 5.10 Å². The van der Waals surface area contributed by atoms with E-state index in [1.54, 1.807) is 16.8 Å². The summed E-state index contributed by atoms with van der Waals surface area (Å²) in [4.78, 5) is 15.1. The van der Waals surface area contributed by atoms with E-state index < -0.39 is 0 Å². The molecule has 1 aliphatic heterocycles. The van der Waals surface area contributed by atoms with Gasteiger partial charge in [-0.1, -0.05) is 30.3 Å². The molecule has 0 bridgehead atoms. The third-order valence-corrected chi connectivity index (χ3v) is 6.06. The van der Waals surface area contributed by atoms with E-state index in [0.717, 1.165) is 36.4 Å². The van der Waals surface area contributed by atoms with Gasteiger partial charge in [-0.05, 0) is 62.1 Å². The number of rotatable bonds is 10. The van der Waals surface area contributed by atoms with Gasteiger partial charge in [0, 0.05) is 31.8 Å². The summed E-state index contributed by atoms with van der Waals surface area (Å²) in [5.74, 6) is 0.496. The van der Waals surface area contributed by atoms with E-state index in [4.69, 9.17) is 9.47 Å². The number of benzene rings is 2. The van der Waals surface area contributed by atoms with Crippen LogP contribution in [0.5, 0.6) is 5.75 Å². The third kappa shape index (κ3) is 6.44. The fourth-order valence-electron chi connectivity index (χ4n) is 4.29. The van der Waals surface area contributed by atoms with E-state index >= 15 is 0 Å². The van der Waals surface area contributed by atoms with Crippen molar-refractivity contribution in [3.63, 3.8) is 0 Å². The molecule has 2 aromatic carbocycles. The van der Waals surface area contributed by atoms with Crippen molar-refractivity contribution in [1.29, 1.82) is 0 Å². The van der Waals surface area contributed by atoms with Crippen LogP contribution in [-0.2, 0) is 29.0 Å². The minimum absolute atomic E-state index is 0.00701. The molecule has 0 radical (unpaired) electrons. The molecule has 1 unspecified atom stereocenters. The topological polar surface area (TPSA) is 56.6 Å². The maximum atomic E-state index is 13.8. The van der Waals surface area contributed by atoms with E-state index in [-0.39, 0.29) is 24.4 Å². The Kier molecular flexibility index (Phi) is 7.95. The molecule has 0 aliphatic carbocycles. The highest BCUT2D eigenvalue weighted by molar-refractivity contribution is 5.76. The molecule has 1 aromatic heterocycles. The van der Waals surface area contributed by atoms with Crippen LogP contribution in [0.25, 0.3) is 0 Å². The van der Waals surface area contributed by atoms with Gasteiger partial charge in [0.1, 0.15) is 18.1 Å². The molecule has 0 saturated carbocycles. The number of halogens is 1. The second kappa shape index (κ2) is 11.3. The summed E-state index contributed by atoms with van der Waals surface area (Å²) in [6, 6.07) is 16.4. The smallest absolute Gasteiger partial charge is 0.244 e. The third-order valence-electron chi connectivity index (χ3n) is 6.06. The minimum atomic E-state index is -0.217. The van der Waals surface area contributed by atoms with Crippen LogP contribution < -0.4 is 4.74 Å². The number of carbonyl (C=O) groups is 1. The van der Waals surface area contributed by atoms with E-state index in [1.807, 2.05) is 55.1 Å². The first-order valence-corrected chi connectivity index (χ1v) is 11.8. The number of nitrogens with zero attached hydrogens (tertiary/aromatic N) is 3. The first-order chi connectivity index (χ1) is 16.5. The van der Waals surface area contributed by atoms with Crippen LogP contribution in [0, 0.1) is 19.7 Å². The van der Waals surface area contributed by atoms with Gasteiger partial charge in [-0.25, -0.2) is 4.39 Å². The Balaban J connectivity index is 1.41. The predicted molar refractivity (Wildman–Crippen MR) is 128 cm³/mol. The summed E-state index contributed by atoms with van der Waals surface area (Å²) < 4.78 is 27.3. The van der Waals surface area contributed by atoms with Crippen LogP contribution in [-0.4, -0.2) is 46.5 Å². The first-order valence-electron chi connectivity index (χ1n) is 11.8. The highest BCUT2D eigenvalue weighted by Crippen LogP contribution is 2.19. The molecule has 0 spiro atoms. The van der Waals surface area contributed by atoms with Gasteiger partial charge in [0.2, 0.25) is 5.91 Å². The van der Waals surface area contributed by atoms with Gasteiger partial charge in [-0.15, -0.1) is 0 Å². The standard InChI is InChI=1S/C27H32FN3O3/c1-20-15-21(2)31(29-20)19-27(32)30(18-25-10-6-13-33-25)17-22-7-5-9-24(16-22)34-14-12-23-8-3-4-11-26(23)28/h3-5,7-9,11,15-16,25H,6,10,12-14,17-19H2,1-2H3. The summed E-state index contributed by atoms with van der Waals surface area (Å²) in [5.41, 5.74) is 3.48. The summed E-state index contributed by atoms with van der Waals surface area (Å²) >= 11 is 0. The van der Waals surface area contributed by atoms with Gasteiger partial charge in [-0.2, -0.15) is 5.10 Å². The number of amides is 1. The normalized spacial score (nSPS) is 15.4. The lowest BCUT2D eigenvalue weighted by Crippen LogP contribution is -2.39. The fourth-order valence-corrected chi connectivity index (χ4v) is 4.29. The average molecular weight is 466 g/mol. The van der Waals surface area contributed by atoms with E-state index in [0.29, 0.717) is 37.4 Å². The Hall–Kier alpha value is -3.19. The van der Waals surface area contributed by atoms with Crippen molar-refractivity contribution in [2.75, 3.05) is 19.8 Å². The Bertz CT molecular complexity index is 1110. The zero-order chi connectivity index (χ0) is 23.9. The minimum Gasteiger partial charge on any atom is -0.493 e. The van der Waals surface area contributed by atoms with Crippen LogP contribution in [0.3, 0.4) is 0 Å². The van der Waals surface area contributed by atoms with Crippen LogP contribution in [0.2, 0.25) is 0 Å². The summed E-state index contributed by atoms with van der Waals surface area (Å²) in [6.45, 7) is 6.22. The molecule has 3 aromatic rings. The van der Waals surface area contributed by atoms with Gasteiger partial charge in [0.05, 0.1) is 18.4 Å². The number of ether oxygens (including phenoxy) is 2. The lowest BCUT2D eigenvalue weighted by Gasteiger charge is -2.26. The highest BCUT2D eigenvalue weighted by atomic mass is 19.1. The molecule has 4 rings (SSSR count). The molecule has 6 nitrogen and oxygen atoms in total. The number of aromatic nitrogens is 2. The molecule has 1 saturated heterocycles. The molecule has 0 N–H and O–H groups in total. The lowest BCUT2D eigenvalue weighted by atomic mass is 10.1. The average Bonchev–Trinajstić information content (AvgIpc) is 3.44. The second-order valence-electron chi connectivity index (χ2n) is 8.83. The Labute approximate surface area is 200 Å². The zero-order valence-electron chi connectivity index (χ0n) is 19.9. The van der Waals surface area contributed by atoms with Crippen LogP contribution in [0.1, 0.15) is 35.4 Å². The Morgan fingerprint density at radius 2 is 2.06 bits per heavy atom. The molecular formula is C27H32FN3O3. The van der Waals surface area contributed by atoms with Gasteiger partial charge in [-0.3, -0.25) is 9.48 Å². The Morgan fingerprint density at radius 3 is 2.79 bits per heavy atom. The van der Waals surface area contributed by atoms with Crippen LogP contribution in [0.4, 0.5) is 4.39 Å². The van der Waals surface area contributed by atoms with E-state index in [1.165, 1.54) is 6.07 Å². The molecule has 1 atom stereocenters. The molecule has 1 fully saturated rings.